The number of anilines is 1. The molecule has 2 saturated heterocycles. The fraction of sp³-hybridized carbons (Fsp3) is 0.529. The molecule has 4 rings (SSSR count). The molecule has 2 fully saturated rings. The van der Waals surface area contributed by atoms with Crippen LogP contribution < -0.4 is 5.32 Å². The first-order chi connectivity index (χ1) is 11.1. The topological polar surface area (TPSA) is 54.5 Å². The first-order valence-corrected chi connectivity index (χ1v) is 8.92. The van der Waals surface area contributed by atoms with Crippen LogP contribution in [0.15, 0.2) is 18.3 Å². The van der Waals surface area contributed by atoms with E-state index >= 15 is 0 Å². The Morgan fingerprint density at radius 2 is 2.09 bits per heavy atom. The molecule has 4 heterocycles. The van der Waals surface area contributed by atoms with Gasteiger partial charge < -0.3 is 15.0 Å². The number of fused-ring (bicyclic) bond motifs is 3. The Labute approximate surface area is 139 Å². The van der Waals surface area contributed by atoms with Crippen LogP contribution in [0.3, 0.4) is 0 Å². The van der Waals surface area contributed by atoms with Gasteiger partial charge in [-0.2, -0.15) is 0 Å². The number of ether oxygens (including phenoxy) is 1. The summed E-state index contributed by atoms with van der Waals surface area (Å²) in [5.74, 6) is 0.619. The SMILES string of the molecule is COC(=O)c1cc2cc(NC3CC4CC[C@H](C3)N4C)ncc2s1. The zero-order valence-corrected chi connectivity index (χ0v) is 14.2. The van der Waals surface area contributed by atoms with Gasteiger partial charge in [0.15, 0.2) is 0 Å². The molecule has 0 spiro atoms. The second-order valence-corrected chi connectivity index (χ2v) is 7.66. The molecule has 1 N–H and O–H groups in total. The Balaban J connectivity index is 1.52. The summed E-state index contributed by atoms with van der Waals surface area (Å²) in [7, 11) is 3.66. The molecular weight excluding hydrogens is 310 g/mol. The highest BCUT2D eigenvalue weighted by atomic mass is 32.1. The minimum Gasteiger partial charge on any atom is -0.465 e. The maximum absolute atomic E-state index is 11.6. The number of piperidine rings is 1. The van der Waals surface area contributed by atoms with Crippen LogP contribution in [-0.4, -0.2) is 48.1 Å². The maximum Gasteiger partial charge on any atom is 0.348 e. The summed E-state index contributed by atoms with van der Waals surface area (Å²) in [5, 5.41) is 4.64. The van der Waals surface area contributed by atoms with Gasteiger partial charge in [-0.3, -0.25) is 0 Å². The van der Waals surface area contributed by atoms with Crippen molar-refractivity contribution in [1.29, 1.82) is 0 Å². The fourth-order valence-electron chi connectivity index (χ4n) is 3.96. The van der Waals surface area contributed by atoms with Gasteiger partial charge >= 0.3 is 5.97 Å². The predicted octanol–water partition coefficient (Wildman–Crippen LogP) is 3.12. The molecule has 0 saturated carbocycles. The van der Waals surface area contributed by atoms with Crippen molar-refractivity contribution in [3.05, 3.63) is 23.2 Å². The number of hydrogen-bond acceptors (Lipinski definition) is 6. The highest BCUT2D eigenvalue weighted by Gasteiger charge is 2.38. The summed E-state index contributed by atoms with van der Waals surface area (Å²) in [6.45, 7) is 0. The van der Waals surface area contributed by atoms with Crippen LogP contribution in [0.25, 0.3) is 10.1 Å². The van der Waals surface area contributed by atoms with Crippen LogP contribution >= 0.6 is 11.3 Å². The van der Waals surface area contributed by atoms with E-state index in [1.165, 1.54) is 44.1 Å². The smallest absolute Gasteiger partial charge is 0.348 e. The van der Waals surface area contributed by atoms with Crippen LogP contribution in [-0.2, 0) is 4.74 Å². The summed E-state index contributed by atoms with van der Waals surface area (Å²) < 4.78 is 5.80. The maximum atomic E-state index is 11.6. The van der Waals surface area contributed by atoms with Crippen molar-refractivity contribution in [3.8, 4) is 0 Å². The van der Waals surface area contributed by atoms with E-state index in [1.807, 2.05) is 18.3 Å². The molecule has 2 aliphatic rings. The number of hydrogen-bond donors (Lipinski definition) is 1. The third kappa shape index (κ3) is 2.70. The zero-order valence-electron chi connectivity index (χ0n) is 13.4. The van der Waals surface area contributed by atoms with Gasteiger partial charge in [-0.15, -0.1) is 11.3 Å². The van der Waals surface area contributed by atoms with Crippen LogP contribution in [0.2, 0.25) is 0 Å². The van der Waals surface area contributed by atoms with Crippen molar-refractivity contribution < 1.29 is 9.53 Å². The molecule has 0 aliphatic carbocycles. The van der Waals surface area contributed by atoms with Gasteiger partial charge in [-0.25, -0.2) is 9.78 Å². The molecule has 2 aromatic heterocycles. The molecule has 0 radical (unpaired) electrons. The molecule has 0 amide bonds. The predicted molar refractivity (Wildman–Crippen MR) is 92.2 cm³/mol. The summed E-state index contributed by atoms with van der Waals surface area (Å²) in [6.07, 6.45) is 6.85. The molecule has 5 nitrogen and oxygen atoms in total. The summed E-state index contributed by atoms with van der Waals surface area (Å²) in [4.78, 5) is 19.3. The lowest BCUT2D eigenvalue weighted by molar-refractivity contribution is 0.0606. The standard InChI is InChI=1S/C17H21N3O2S/c1-20-12-3-4-13(20)8-11(7-12)19-16-6-10-5-14(17(21)22-2)23-15(10)9-18-16/h5-6,9,11-13H,3-4,7-8H2,1-2H3,(H,18,19)/t11?,12-,13?/m1/s1. The zero-order chi connectivity index (χ0) is 16.0. The summed E-state index contributed by atoms with van der Waals surface area (Å²) in [6, 6.07) is 5.84. The Hall–Kier alpha value is -1.66. The fourth-order valence-corrected chi connectivity index (χ4v) is 4.89. The highest BCUT2D eigenvalue weighted by molar-refractivity contribution is 7.20. The largest absolute Gasteiger partial charge is 0.465 e. The lowest BCUT2D eigenvalue weighted by Gasteiger charge is -2.36. The van der Waals surface area contributed by atoms with E-state index in [2.05, 4.69) is 22.2 Å². The Morgan fingerprint density at radius 1 is 1.35 bits per heavy atom. The third-order valence-electron chi connectivity index (χ3n) is 5.24. The second kappa shape index (κ2) is 5.76. The second-order valence-electron chi connectivity index (χ2n) is 6.57. The van der Waals surface area contributed by atoms with Crippen molar-refractivity contribution in [1.82, 2.24) is 9.88 Å². The Bertz CT molecular complexity index is 731. The van der Waals surface area contributed by atoms with Gasteiger partial charge in [0.25, 0.3) is 0 Å². The minimum absolute atomic E-state index is 0.285. The van der Waals surface area contributed by atoms with Crippen molar-refractivity contribution in [2.75, 3.05) is 19.5 Å². The van der Waals surface area contributed by atoms with Crippen molar-refractivity contribution >= 4 is 33.2 Å². The van der Waals surface area contributed by atoms with E-state index in [9.17, 15) is 4.79 Å². The van der Waals surface area contributed by atoms with Gasteiger partial charge in [0.1, 0.15) is 10.7 Å². The van der Waals surface area contributed by atoms with E-state index in [1.54, 1.807) is 0 Å². The molecule has 0 aromatic carbocycles. The van der Waals surface area contributed by atoms with E-state index < -0.39 is 0 Å². The average molecular weight is 331 g/mol. The highest BCUT2D eigenvalue weighted by Crippen LogP contribution is 2.35. The number of carbonyl (C=O) groups is 1. The Kier molecular flexibility index (Phi) is 3.73. The van der Waals surface area contributed by atoms with Crippen LogP contribution in [0, 0.1) is 0 Å². The van der Waals surface area contributed by atoms with E-state index in [0.29, 0.717) is 23.0 Å². The number of rotatable bonds is 3. The number of methoxy groups -OCH3 is 1. The lowest BCUT2D eigenvalue weighted by Crippen LogP contribution is -2.44. The first-order valence-electron chi connectivity index (χ1n) is 8.10. The number of thiophene rings is 1. The first kappa shape index (κ1) is 14.9. The number of nitrogens with one attached hydrogen (secondary N) is 1. The van der Waals surface area contributed by atoms with Crippen LogP contribution in [0.1, 0.15) is 35.4 Å². The van der Waals surface area contributed by atoms with Crippen LogP contribution in [0.4, 0.5) is 5.82 Å². The third-order valence-corrected chi connectivity index (χ3v) is 6.31. The molecule has 122 valence electrons. The van der Waals surface area contributed by atoms with Crippen molar-refractivity contribution in [3.63, 3.8) is 0 Å². The molecule has 23 heavy (non-hydrogen) atoms. The monoisotopic (exact) mass is 331 g/mol. The van der Waals surface area contributed by atoms with Crippen molar-refractivity contribution in [2.45, 2.75) is 43.8 Å². The number of aromatic nitrogens is 1. The van der Waals surface area contributed by atoms with Crippen molar-refractivity contribution in [2.24, 2.45) is 0 Å². The van der Waals surface area contributed by atoms with Crippen LogP contribution in [0.5, 0.6) is 0 Å². The molecule has 2 bridgehead atoms. The molecule has 3 atom stereocenters. The molecule has 2 aliphatic heterocycles. The van der Waals surface area contributed by atoms with Gasteiger partial charge in [0.05, 0.1) is 11.8 Å². The number of pyridine rings is 1. The molecular formula is C17H21N3O2S. The summed E-state index contributed by atoms with van der Waals surface area (Å²) in [5.41, 5.74) is 0. The van der Waals surface area contributed by atoms with Gasteiger partial charge in [-0.1, -0.05) is 0 Å². The normalized spacial score (nSPS) is 27.3. The lowest BCUT2D eigenvalue weighted by atomic mass is 9.98. The van der Waals surface area contributed by atoms with Gasteiger partial charge in [-0.05, 0) is 50.2 Å². The quantitative estimate of drug-likeness (QED) is 0.876. The van der Waals surface area contributed by atoms with E-state index in [-0.39, 0.29) is 5.97 Å². The van der Waals surface area contributed by atoms with Gasteiger partial charge in [0.2, 0.25) is 0 Å². The van der Waals surface area contributed by atoms with E-state index in [0.717, 1.165) is 15.9 Å². The Morgan fingerprint density at radius 3 is 2.78 bits per heavy atom. The summed E-state index contributed by atoms with van der Waals surface area (Å²) >= 11 is 1.42. The minimum atomic E-state index is -0.285. The molecule has 6 heteroatoms. The number of nitrogens with zero attached hydrogens (tertiary/aromatic N) is 2. The molecule has 2 aromatic rings. The van der Waals surface area contributed by atoms with E-state index in [4.69, 9.17) is 4.74 Å². The van der Waals surface area contributed by atoms with Gasteiger partial charge in [0, 0.05) is 24.3 Å². The number of carbonyl (C=O) groups excluding carboxylic acids is 1. The average Bonchev–Trinajstić information content (AvgIpc) is 3.04. The molecule has 2 unspecified atom stereocenters. The number of esters is 1.